The van der Waals surface area contributed by atoms with E-state index in [1.54, 1.807) is 36.4 Å². The van der Waals surface area contributed by atoms with E-state index in [2.05, 4.69) is 10.1 Å². The van der Waals surface area contributed by atoms with Gasteiger partial charge in [0.15, 0.2) is 9.84 Å². The van der Waals surface area contributed by atoms with Gasteiger partial charge in [-0.1, -0.05) is 5.16 Å². The first-order chi connectivity index (χ1) is 13.0. The Bertz CT molecular complexity index is 1020. The first kappa shape index (κ1) is 17.7. The highest BCUT2D eigenvalue weighted by Crippen LogP contribution is 2.33. The fourth-order valence-electron chi connectivity index (χ4n) is 2.67. The predicted octanol–water partition coefficient (Wildman–Crippen LogP) is 3.17. The Hall–Kier alpha value is -2.71. The molecule has 2 N–H and O–H groups in total. The standard InChI is InChI=1S/C19H19N3O4S/c20-11-18-21-19(22-26-18)14-3-5-15(6-4-14)25-16-7-9-17(10-8-16)27(23,24)12-13-1-2-13/h3-10,13H,1-2,11-12,20H2. The van der Waals surface area contributed by atoms with Gasteiger partial charge in [0.2, 0.25) is 11.7 Å². The average Bonchev–Trinajstić information content (AvgIpc) is 3.34. The van der Waals surface area contributed by atoms with Gasteiger partial charge in [-0.05, 0) is 67.3 Å². The fraction of sp³-hybridized carbons (Fsp3) is 0.263. The van der Waals surface area contributed by atoms with Crippen molar-refractivity contribution in [3.63, 3.8) is 0 Å². The lowest BCUT2D eigenvalue weighted by atomic mass is 10.2. The molecule has 1 heterocycles. The molecule has 0 spiro atoms. The van der Waals surface area contributed by atoms with E-state index in [4.69, 9.17) is 15.0 Å². The molecule has 0 aliphatic heterocycles. The molecule has 0 amide bonds. The van der Waals surface area contributed by atoms with Crippen molar-refractivity contribution in [3.8, 4) is 22.9 Å². The summed E-state index contributed by atoms with van der Waals surface area (Å²) in [5, 5.41) is 3.86. The Morgan fingerprint density at radius 2 is 1.67 bits per heavy atom. The SMILES string of the molecule is NCc1nc(-c2ccc(Oc3ccc(S(=O)(=O)CC4CC4)cc3)cc2)no1. The van der Waals surface area contributed by atoms with Crippen LogP contribution in [-0.2, 0) is 16.4 Å². The van der Waals surface area contributed by atoms with Gasteiger partial charge in [0, 0.05) is 5.56 Å². The Labute approximate surface area is 157 Å². The number of ether oxygens (including phenoxy) is 1. The molecule has 1 fully saturated rings. The quantitative estimate of drug-likeness (QED) is 0.665. The van der Waals surface area contributed by atoms with Crippen molar-refractivity contribution in [1.29, 1.82) is 0 Å². The van der Waals surface area contributed by atoms with Crippen LogP contribution in [0.4, 0.5) is 0 Å². The number of hydrogen-bond acceptors (Lipinski definition) is 7. The molecule has 140 valence electrons. The van der Waals surface area contributed by atoms with Gasteiger partial charge in [0.25, 0.3) is 0 Å². The lowest BCUT2D eigenvalue weighted by molar-refractivity contribution is 0.380. The van der Waals surface area contributed by atoms with Crippen molar-refractivity contribution in [2.45, 2.75) is 24.3 Å². The third kappa shape index (κ3) is 4.17. The number of aromatic nitrogens is 2. The zero-order valence-corrected chi connectivity index (χ0v) is 15.4. The van der Waals surface area contributed by atoms with Gasteiger partial charge in [-0.15, -0.1) is 0 Å². The van der Waals surface area contributed by atoms with E-state index in [1.165, 1.54) is 0 Å². The lowest BCUT2D eigenvalue weighted by Crippen LogP contribution is -2.08. The summed E-state index contributed by atoms with van der Waals surface area (Å²) in [4.78, 5) is 4.51. The van der Waals surface area contributed by atoms with Crippen molar-refractivity contribution in [2.75, 3.05) is 5.75 Å². The molecule has 1 aliphatic carbocycles. The van der Waals surface area contributed by atoms with Crippen LogP contribution in [-0.4, -0.2) is 24.3 Å². The molecule has 0 saturated heterocycles. The Balaban J connectivity index is 1.44. The molecule has 4 rings (SSSR count). The molecule has 27 heavy (non-hydrogen) atoms. The van der Waals surface area contributed by atoms with E-state index in [1.807, 2.05) is 12.1 Å². The van der Waals surface area contributed by atoms with Gasteiger partial charge < -0.3 is 15.0 Å². The van der Waals surface area contributed by atoms with E-state index in [0.717, 1.165) is 18.4 Å². The smallest absolute Gasteiger partial charge is 0.240 e. The largest absolute Gasteiger partial charge is 0.457 e. The zero-order chi connectivity index (χ0) is 18.9. The molecule has 7 nitrogen and oxygen atoms in total. The minimum Gasteiger partial charge on any atom is -0.457 e. The number of sulfone groups is 1. The topological polar surface area (TPSA) is 108 Å². The molecule has 3 aromatic rings. The molecular weight excluding hydrogens is 366 g/mol. The summed E-state index contributed by atoms with van der Waals surface area (Å²) in [5.74, 6) is 2.59. The predicted molar refractivity (Wildman–Crippen MR) is 98.9 cm³/mol. The van der Waals surface area contributed by atoms with E-state index in [-0.39, 0.29) is 12.3 Å². The molecule has 0 bridgehead atoms. The lowest BCUT2D eigenvalue weighted by Gasteiger charge is -2.08. The molecule has 8 heteroatoms. The van der Waals surface area contributed by atoms with Crippen LogP contribution >= 0.6 is 0 Å². The molecular formula is C19H19N3O4S. The maximum absolute atomic E-state index is 12.3. The average molecular weight is 385 g/mol. The molecule has 0 radical (unpaired) electrons. The summed E-state index contributed by atoms with van der Waals surface area (Å²) in [6.45, 7) is 0.195. The highest BCUT2D eigenvalue weighted by Gasteiger charge is 2.28. The van der Waals surface area contributed by atoms with Crippen molar-refractivity contribution in [3.05, 3.63) is 54.4 Å². The summed E-state index contributed by atoms with van der Waals surface area (Å²) in [6.07, 6.45) is 2.02. The van der Waals surface area contributed by atoms with Crippen molar-refractivity contribution >= 4 is 9.84 Å². The van der Waals surface area contributed by atoms with Gasteiger partial charge >= 0.3 is 0 Å². The van der Waals surface area contributed by atoms with Crippen LogP contribution in [0, 0.1) is 5.92 Å². The van der Waals surface area contributed by atoms with Crippen LogP contribution in [0.15, 0.2) is 57.9 Å². The van der Waals surface area contributed by atoms with Gasteiger partial charge in [-0.25, -0.2) is 8.42 Å². The number of benzene rings is 2. The van der Waals surface area contributed by atoms with Crippen LogP contribution in [0.3, 0.4) is 0 Å². The van der Waals surface area contributed by atoms with Gasteiger partial charge in [-0.2, -0.15) is 4.98 Å². The Kier molecular flexibility index (Phi) is 4.67. The maximum atomic E-state index is 12.3. The third-order valence-corrected chi connectivity index (χ3v) is 6.23. The molecule has 1 aliphatic rings. The Morgan fingerprint density at radius 3 is 2.22 bits per heavy atom. The second kappa shape index (κ2) is 7.13. The van der Waals surface area contributed by atoms with Crippen LogP contribution in [0.1, 0.15) is 18.7 Å². The molecule has 0 atom stereocenters. The number of hydrogen-bond donors (Lipinski definition) is 1. The van der Waals surface area contributed by atoms with E-state index in [9.17, 15) is 8.42 Å². The second-order valence-electron chi connectivity index (χ2n) is 6.54. The maximum Gasteiger partial charge on any atom is 0.240 e. The van der Waals surface area contributed by atoms with Gasteiger partial charge in [0.05, 0.1) is 17.2 Å². The first-order valence-electron chi connectivity index (χ1n) is 8.67. The minimum atomic E-state index is -3.21. The third-order valence-electron chi connectivity index (χ3n) is 4.33. The highest BCUT2D eigenvalue weighted by atomic mass is 32.2. The first-order valence-corrected chi connectivity index (χ1v) is 10.3. The summed E-state index contributed by atoms with van der Waals surface area (Å²) >= 11 is 0. The number of nitrogens with two attached hydrogens (primary N) is 1. The van der Waals surface area contributed by atoms with Crippen molar-refractivity contribution in [1.82, 2.24) is 10.1 Å². The summed E-state index contributed by atoms with van der Waals surface area (Å²) in [5.41, 5.74) is 6.25. The van der Waals surface area contributed by atoms with Crippen molar-refractivity contribution in [2.24, 2.45) is 11.7 Å². The molecule has 1 saturated carbocycles. The van der Waals surface area contributed by atoms with Crippen LogP contribution in [0.2, 0.25) is 0 Å². The highest BCUT2D eigenvalue weighted by molar-refractivity contribution is 7.91. The second-order valence-corrected chi connectivity index (χ2v) is 8.57. The molecule has 1 aromatic heterocycles. The summed E-state index contributed by atoms with van der Waals surface area (Å²) in [7, 11) is -3.21. The van der Waals surface area contributed by atoms with Crippen LogP contribution in [0.25, 0.3) is 11.4 Å². The van der Waals surface area contributed by atoms with Gasteiger partial charge in [-0.3, -0.25) is 0 Å². The minimum absolute atomic E-state index is 0.195. The van der Waals surface area contributed by atoms with Crippen LogP contribution in [0.5, 0.6) is 11.5 Å². The summed E-state index contributed by atoms with van der Waals surface area (Å²) in [6, 6.07) is 13.7. The zero-order valence-electron chi connectivity index (χ0n) is 14.5. The Morgan fingerprint density at radius 1 is 1.04 bits per heavy atom. The normalized spacial score (nSPS) is 14.3. The molecule has 2 aromatic carbocycles. The van der Waals surface area contributed by atoms with E-state index in [0.29, 0.717) is 34.0 Å². The summed E-state index contributed by atoms with van der Waals surface area (Å²) < 4.78 is 35.3. The van der Waals surface area contributed by atoms with E-state index < -0.39 is 9.84 Å². The van der Waals surface area contributed by atoms with E-state index >= 15 is 0 Å². The van der Waals surface area contributed by atoms with Gasteiger partial charge in [0.1, 0.15) is 11.5 Å². The monoisotopic (exact) mass is 385 g/mol. The number of rotatable bonds is 7. The van der Waals surface area contributed by atoms with Crippen LogP contribution < -0.4 is 10.5 Å². The van der Waals surface area contributed by atoms with Crippen molar-refractivity contribution < 1.29 is 17.7 Å². The molecule has 0 unspecified atom stereocenters. The fourth-order valence-corrected chi connectivity index (χ4v) is 4.37. The number of nitrogens with zero attached hydrogens (tertiary/aromatic N) is 2.